The highest BCUT2D eigenvalue weighted by Crippen LogP contribution is 2.40. The molecule has 40 nitrogen and oxygen atoms in total. The minimum atomic E-state index is -0.0386. The van der Waals surface area contributed by atoms with E-state index in [0.29, 0.717) is 109 Å². The van der Waals surface area contributed by atoms with Gasteiger partial charge in [0, 0.05) is 279 Å². The maximum Gasteiger partial charge on any atom is 0.244 e. The number of likely N-dealkylation sites (N-methyl/N-ethyl adjacent to an activating group) is 2. The number of nitrogens with two attached hydrogens (primary N) is 4. The molecule has 0 fully saturated rings. The summed E-state index contributed by atoms with van der Waals surface area (Å²) in [5.41, 5.74) is 48.1. The topological polar surface area (TPSA) is 519 Å². The fourth-order valence-corrected chi connectivity index (χ4v) is 18.3. The van der Waals surface area contributed by atoms with Gasteiger partial charge in [0.1, 0.15) is 72.7 Å². The maximum absolute atomic E-state index is 12.2. The number of aliphatic imine (C=N–C) groups is 3. The highest BCUT2D eigenvalue weighted by molar-refractivity contribution is 6.01. The van der Waals surface area contributed by atoms with Gasteiger partial charge in [-0.1, -0.05) is 12.1 Å². The number of pyridine rings is 11. The van der Waals surface area contributed by atoms with Crippen LogP contribution in [-0.2, 0) is 71.0 Å². The number of nitrogens with one attached hydrogen (secondary N) is 6. The lowest BCUT2D eigenvalue weighted by Gasteiger charge is -2.13. The van der Waals surface area contributed by atoms with E-state index in [1.807, 2.05) is 190 Å². The Kier molecular flexibility index (Phi) is 24.2. The summed E-state index contributed by atoms with van der Waals surface area (Å²) in [6, 6.07) is 29.7. The lowest BCUT2D eigenvalue weighted by molar-refractivity contribution is -0.131. The number of amides is 4. The molecule has 4 amide bonds. The van der Waals surface area contributed by atoms with Crippen LogP contribution in [0.2, 0.25) is 0 Å². The number of imidazole rings is 1. The van der Waals surface area contributed by atoms with E-state index < -0.39 is 0 Å². The Bertz CT molecular complexity index is 7940. The van der Waals surface area contributed by atoms with E-state index in [1.54, 1.807) is 65.8 Å². The van der Waals surface area contributed by atoms with Crippen molar-refractivity contribution in [1.82, 2.24) is 124 Å². The van der Waals surface area contributed by atoms with Crippen LogP contribution in [0, 0.1) is 27.7 Å². The van der Waals surface area contributed by atoms with Crippen molar-refractivity contribution in [3.63, 3.8) is 0 Å². The molecule has 0 aliphatic carbocycles. The quantitative estimate of drug-likeness (QED) is 0.0429. The summed E-state index contributed by atoms with van der Waals surface area (Å²) in [7, 11) is 3.63. The summed E-state index contributed by atoms with van der Waals surface area (Å²) < 4.78 is 8.93. The van der Waals surface area contributed by atoms with E-state index in [9.17, 15) is 19.2 Å². The van der Waals surface area contributed by atoms with Crippen molar-refractivity contribution in [2.45, 2.75) is 86.0 Å². The molecule has 23 heterocycles. The van der Waals surface area contributed by atoms with Crippen molar-refractivity contribution in [1.29, 1.82) is 0 Å². The number of benzene rings is 1. The molecule has 0 saturated carbocycles. The predicted molar refractivity (Wildman–Crippen MR) is 549 cm³/mol. The number of nitrogen functional groups attached to an aromatic ring is 4. The van der Waals surface area contributed by atoms with Crippen LogP contribution in [-0.4, -0.2) is 209 Å². The number of fused-ring (bicyclic) bond motifs is 8. The second-order valence-electron chi connectivity index (χ2n) is 35.3. The zero-order valence-corrected chi connectivity index (χ0v) is 78.3. The Balaban J connectivity index is 0.000000112. The summed E-state index contributed by atoms with van der Waals surface area (Å²) in [6.45, 7) is 13.0. The Hall–Kier alpha value is -18.5. The van der Waals surface area contributed by atoms with Crippen LogP contribution >= 0.6 is 0 Å². The van der Waals surface area contributed by atoms with E-state index in [1.165, 1.54) is 0 Å². The third-order valence-electron chi connectivity index (χ3n) is 26.1. The minimum Gasteiger partial charge on any atom is -0.383 e. The van der Waals surface area contributed by atoms with Crippen molar-refractivity contribution in [3.8, 4) is 50.7 Å². The van der Waals surface area contributed by atoms with Gasteiger partial charge in [-0.3, -0.25) is 67.8 Å². The first-order valence-electron chi connectivity index (χ1n) is 46.2. The molecule has 0 unspecified atom stereocenters. The molecule has 24 rings (SSSR count). The lowest BCUT2D eigenvalue weighted by Crippen LogP contribution is -2.29. The van der Waals surface area contributed by atoms with Gasteiger partial charge in [-0.2, -0.15) is 20.4 Å². The molecule has 40 heteroatoms. The van der Waals surface area contributed by atoms with Gasteiger partial charge < -0.3 is 69.2 Å². The van der Waals surface area contributed by atoms with Gasteiger partial charge in [-0.15, -0.1) is 0 Å². The molecule has 0 spiro atoms. The van der Waals surface area contributed by atoms with E-state index in [0.717, 1.165) is 204 Å². The average Bonchev–Trinajstić information content (AvgIpc) is 0.854. The predicted octanol–water partition coefficient (Wildman–Crippen LogP) is 12.0. The number of nitrogens with zero attached hydrogens (tertiary/aromatic N) is 26. The van der Waals surface area contributed by atoms with Gasteiger partial charge >= 0.3 is 0 Å². The first kappa shape index (κ1) is 90.0. The normalized spacial score (nSPS) is 14.7. The van der Waals surface area contributed by atoms with Crippen LogP contribution in [0.15, 0.2) is 205 Å². The molecule has 7 aliphatic rings. The Morgan fingerprint density at radius 2 is 0.746 bits per heavy atom. The fraction of sp³-hybridized carbons (Fsp3) is 0.206. The van der Waals surface area contributed by atoms with E-state index in [4.69, 9.17) is 22.9 Å². The number of hydrogen-bond acceptors (Lipinski definition) is 31. The number of carbonyl (C=O) groups is 4. The van der Waals surface area contributed by atoms with Crippen molar-refractivity contribution in [3.05, 3.63) is 252 Å². The van der Waals surface area contributed by atoms with Crippen LogP contribution in [0.4, 0.5) is 69.8 Å². The smallest absolute Gasteiger partial charge is 0.244 e. The minimum absolute atomic E-state index is 0.0369. The van der Waals surface area contributed by atoms with Crippen molar-refractivity contribution >= 4 is 172 Å². The number of anilines is 12. The van der Waals surface area contributed by atoms with Crippen LogP contribution < -0.4 is 54.8 Å². The molecule has 0 saturated heterocycles. The Morgan fingerprint density at radius 3 is 1.11 bits per heavy atom. The molecule has 14 N–H and O–H groups in total. The number of carbonyl (C=O) groups excluding carboxylic acids is 4. The van der Waals surface area contributed by atoms with Gasteiger partial charge in [-0.25, -0.2) is 44.9 Å². The fourth-order valence-electron chi connectivity index (χ4n) is 18.3. The molecule has 142 heavy (non-hydrogen) atoms. The van der Waals surface area contributed by atoms with Gasteiger partial charge in [0.05, 0.1) is 47.9 Å². The molecule has 708 valence electrons. The summed E-state index contributed by atoms with van der Waals surface area (Å²) in [6.07, 6.45) is 38.6. The zero-order chi connectivity index (χ0) is 97.5. The van der Waals surface area contributed by atoms with Crippen molar-refractivity contribution < 1.29 is 19.2 Å². The molecule has 0 bridgehead atoms. The molecule has 17 aromatic rings. The van der Waals surface area contributed by atoms with Crippen molar-refractivity contribution in [2.24, 2.45) is 15.0 Å². The van der Waals surface area contributed by atoms with Crippen LogP contribution in [0.25, 0.3) is 111 Å². The maximum atomic E-state index is 12.2. The second-order valence-corrected chi connectivity index (χ2v) is 35.3. The number of rotatable bonds is 16. The average molecular weight is 1890 g/mol. The second kappa shape index (κ2) is 38.2. The molecule has 16 aromatic heterocycles. The third kappa shape index (κ3) is 18.6. The van der Waals surface area contributed by atoms with E-state index in [-0.39, 0.29) is 49.8 Å². The zero-order valence-electron chi connectivity index (χ0n) is 78.3. The van der Waals surface area contributed by atoms with E-state index in [2.05, 4.69) is 155 Å². The highest BCUT2D eigenvalue weighted by atomic mass is 16.2. The number of aromatic nitrogens is 21. The standard InChI is InChI=1S/2C26H25N9O.2C25H23N9O/c2*1-15-19(16-3-5-28-10-16)11-29-12-20(15)22-7-17-8-23(30-13-21(17)26(27)31-22)32-24-9-18-4-6-34(2)25(36)14-35(18)33-24;1-14-18(15-2-4-27-9-15)10-28-11-19(14)21-6-16-7-22(30-12-20(16)25(26)31-21)32-23-8-17-3-5-29-24(35)13-34(17)33-23;1-15-18(3-2-4-21(15)33-8-7-27-14-33)20-9-16-10-22(29-12-19(16)25(26)30-20)31-23-11-17-5-6-28-24(35)13-34(17)32-23/h5,7-13H,3-4,6,14H2,1-2H3,(H2,27,31)(H,30,32,33);3,5,7-9,11-13H,4,6,10,14H2,1-2H3,(H2,27,31)(H,30,32,33);2,4,6-8,10-12H,3,5,9,13H2,1H3,(H2,26,31)(H,29,35)(H,30,32,33);2-4,7-12,14H,5-6,13H2,1H3,(H2,26,30)(H,28,35)(H,29,31,32). The largest absolute Gasteiger partial charge is 0.383 e. The van der Waals surface area contributed by atoms with Crippen LogP contribution in [0.3, 0.4) is 0 Å². The lowest BCUT2D eigenvalue weighted by atomic mass is 9.96. The first-order valence-corrected chi connectivity index (χ1v) is 46.2. The molecule has 0 radical (unpaired) electrons. The van der Waals surface area contributed by atoms with Gasteiger partial charge in [-0.05, 0) is 155 Å². The Labute approximate surface area is 811 Å². The summed E-state index contributed by atoms with van der Waals surface area (Å²) in [5.74, 6) is 6.78. The molecular formula is C102H96N36O4. The highest BCUT2D eigenvalue weighted by Gasteiger charge is 2.27. The van der Waals surface area contributed by atoms with Gasteiger partial charge in [0.25, 0.3) is 0 Å². The SMILES string of the molecule is Cc1c(-c2cc3cc(Nc4cc5n(n4)CC(=O)NCC5)ncc3c(N)n2)cccc1-n1ccnc1.Cc1c(C2=CC=NC2)cncc1-c1cc2cc(Nc3cc4n(n3)CC(=O)N(C)CC4)ncc2c(N)n1.Cc1c(C2=CC=NC2)cncc1-c1cc2cc(Nc3cc4n(n3)CC(=O)NCC4)ncc2c(N)n1.Cc1c(C2=CN=CC2)cncc1-c1cc2cc(Nc3cc4n(n3)CC(=O)N(C)CC4)ncc2c(N)n1. The molecular weight excluding hydrogens is 1790 g/mol. The summed E-state index contributed by atoms with van der Waals surface area (Å²) >= 11 is 0. The summed E-state index contributed by atoms with van der Waals surface area (Å²) in [5, 5.41) is 43.7. The molecule has 0 atom stereocenters. The van der Waals surface area contributed by atoms with E-state index >= 15 is 0 Å². The van der Waals surface area contributed by atoms with Crippen LogP contribution in [0.1, 0.15) is 68.1 Å². The molecule has 7 aliphatic heterocycles. The van der Waals surface area contributed by atoms with Gasteiger partial charge in [0.15, 0.2) is 23.3 Å². The van der Waals surface area contributed by atoms with Crippen molar-refractivity contribution in [2.75, 3.05) is 97.6 Å². The first-order chi connectivity index (χ1) is 69.0. The third-order valence-corrected chi connectivity index (χ3v) is 26.1. The van der Waals surface area contributed by atoms with Crippen LogP contribution in [0.5, 0.6) is 0 Å². The van der Waals surface area contributed by atoms with Gasteiger partial charge in [0.2, 0.25) is 23.6 Å². The summed E-state index contributed by atoms with van der Waals surface area (Å²) in [4.78, 5) is 118. The monoisotopic (exact) mass is 1890 g/mol. The number of hydrogen-bond donors (Lipinski definition) is 10. The number of allylic oxidation sites excluding steroid dienone is 3. The molecule has 1 aromatic carbocycles. The Morgan fingerprint density at radius 1 is 0.380 bits per heavy atom.